The molecule has 3 aromatic carbocycles. The largest absolute Gasteiger partial charge is 0.324 e. The Morgan fingerprint density at radius 2 is 1.62 bits per heavy atom. The van der Waals surface area contributed by atoms with Crippen molar-refractivity contribution in [2.75, 3.05) is 24.2 Å². The summed E-state index contributed by atoms with van der Waals surface area (Å²) in [7, 11) is -3.75. The van der Waals surface area contributed by atoms with E-state index in [4.69, 9.17) is 4.98 Å². The smallest absolute Gasteiger partial charge is 0.266 e. The lowest BCUT2D eigenvalue weighted by Crippen LogP contribution is -2.36. The number of amides is 1. The van der Waals surface area contributed by atoms with Crippen LogP contribution in [0.15, 0.2) is 75.5 Å². The van der Waals surface area contributed by atoms with Gasteiger partial charge in [-0.2, -0.15) is 4.31 Å². The van der Waals surface area contributed by atoms with Gasteiger partial charge in [-0.05, 0) is 86.7 Å². The molecule has 8 nitrogen and oxygen atoms in total. The second-order valence-corrected chi connectivity index (χ2v) is 13.0. The van der Waals surface area contributed by atoms with Crippen LogP contribution in [0.25, 0.3) is 16.6 Å². The highest BCUT2D eigenvalue weighted by Gasteiger charge is 2.29. The van der Waals surface area contributed by atoms with Gasteiger partial charge >= 0.3 is 0 Å². The number of nitrogens with zero attached hydrogens (tertiary/aromatic N) is 3. The van der Waals surface area contributed by atoms with E-state index in [9.17, 15) is 18.0 Å². The maximum absolute atomic E-state index is 13.6. The number of aryl methyl sites for hydroxylation is 3. The summed E-state index contributed by atoms with van der Waals surface area (Å²) in [5.74, 6) is -0.453. The first-order valence-electron chi connectivity index (χ1n) is 13.3. The maximum atomic E-state index is 13.6. The van der Waals surface area contributed by atoms with Crippen LogP contribution in [0.1, 0.15) is 36.0 Å². The van der Waals surface area contributed by atoms with Gasteiger partial charge in [0.2, 0.25) is 15.9 Å². The molecular formula is C30H32N4O4S2. The molecule has 1 aliphatic heterocycles. The van der Waals surface area contributed by atoms with Gasteiger partial charge in [-0.3, -0.25) is 14.2 Å². The summed E-state index contributed by atoms with van der Waals surface area (Å²) in [4.78, 5) is 31.6. The number of benzene rings is 3. The third-order valence-corrected chi connectivity index (χ3v) is 9.76. The van der Waals surface area contributed by atoms with Crippen molar-refractivity contribution in [2.24, 2.45) is 0 Å². The molecule has 0 atom stereocenters. The molecule has 0 saturated carbocycles. The molecule has 1 aromatic heterocycles. The van der Waals surface area contributed by atoms with E-state index in [0.29, 0.717) is 34.8 Å². The van der Waals surface area contributed by atoms with E-state index in [2.05, 4.69) is 5.32 Å². The van der Waals surface area contributed by atoms with Crippen molar-refractivity contribution in [1.82, 2.24) is 13.9 Å². The van der Waals surface area contributed by atoms with E-state index in [-0.39, 0.29) is 21.9 Å². The van der Waals surface area contributed by atoms with Gasteiger partial charge < -0.3 is 5.32 Å². The summed E-state index contributed by atoms with van der Waals surface area (Å²) in [5.41, 5.74) is 4.06. The van der Waals surface area contributed by atoms with Crippen molar-refractivity contribution in [2.45, 2.75) is 50.1 Å². The number of hydrogen-bond acceptors (Lipinski definition) is 6. The molecule has 1 N–H and O–H groups in total. The van der Waals surface area contributed by atoms with Crippen molar-refractivity contribution in [3.63, 3.8) is 0 Å². The number of aromatic nitrogens is 2. The van der Waals surface area contributed by atoms with Crippen LogP contribution in [-0.2, 0) is 14.8 Å². The number of carbonyl (C=O) groups excluding carboxylic acids is 1. The van der Waals surface area contributed by atoms with Crippen molar-refractivity contribution in [3.8, 4) is 5.69 Å². The number of piperidine rings is 1. The van der Waals surface area contributed by atoms with Gasteiger partial charge in [-0.1, -0.05) is 42.4 Å². The summed E-state index contributed by atoms with van der Waals surface area (Å²) < 4.78 is 30.0. The summed E-state index contributed by atoms with van der Waals surface area (Å²) in [5, 5.41) is 3.67. The predicted molar refractivity (Wildman–Crippen MR) is 160 cm³/mol. The second kappa shape index (κ2) is 11.6. The van der Waals surface area contributed by atoms with Gasteiger partial charge in [0.25, 0.3) is 5.56 Å². The van der Waals surface area contributed by atoms with Crippen LogP contribution in [0.4, 0.5) is 5.69 Å². The van der Waals surface area contributed by atoms with Gasteiger partial charge in [0.05, 0.1) is 28.0 Å². The Kier molecular flexibility index (Phi) is 8.11. The molecule has 1 aliphatic rings. The lowest BCUT2D eigenvalue weighted by Gasteiger charge is -2.27. The number of hydrogen-bond donors (Lipinski definition) is 1. The molecule has 1 saturated heterocycles. The number of anilines is 1. The first-order chi connectivity index (χ1) is 19.1. The van der Waals surface area contributed by atoms with E-state index in [1.807, 2.05) is 45.0 Å². The zero-order chi connectivity index (χ0) is 28.4. The maximum Gasteiger partial charge on any atom is 0.266 e. The molecule has 0 unspecified atom stereocenters. The fourth-order valence-corrected chi connectivity index (χ4v) is 7.59. The van der Waals surface area contributed by atoms with Crippen LogP contribution in [-0.4, -0.2) is 47.0 Å². The molecule has 1 amide bonds. The van der Waals surface area contributed by atoms with Gasteiger partial charge in [-0.15, -0.1) is 0 Å². The lowest BCUT2D eigenvalue weighted by molar-refractivity contribution is -0.113. The first-order valence-corrected chi connectivity index (χ1v) is 15.7. The van der Waals surface area contributed by atoms with Crippen molar-refractivity contribution < 1.29 is 13.2 Å². The molecule has 5 rings (SSSR count). The van der Waals surface area contributed by atoms with Gasteiger partial charge in [-0.25, -0.2) is 13.4 Å². The van der Waals surface area contributed by atoms with E-state index in [1.165, 1.54) is 4.31 Å². The van der Waals surface area contributed by atoms with Crippen LogP contribution < -0.4 is 10.9 Å². The minimum absolute atomic E-state index is 0.0628. The van der Waals surface area contributed by atoms with Crippen LogP contribution >= 0.6 is 11.8 Å². The van der Waals surface area contributed by atoms with Crippen LogP contribution in [0, 0.1) is 20.8 Å². The van der Waals surface area contributed by atoms with Gasteiger partial charge in [0.1, 0.15) is 4.90 Å². The zero-order valence-electron chi connectivity index (χ0n) is 22.8. The average Bonchev–Trinajstić information content (AvgIpc) is 2.93. The number of nitrogens with one attached hydrogen (secondary N) is 1. The number of fused-ring (bicyclic) bond motifs is 1. The predicted octanol–water partition coefficient (Wildman–Crippen LogP) is 5.22. The third-order valence-electron chi connectivity index (χ3n) is 6.89. The second-order valence-electron chi connectivity index (χ2n) is 10.2. The quantitative estimate of drug-likeness (QED) is 0.239. The minimum atomic E-state index is -3.75. The van der Waals surface area contributed by atoms with Crippen LogP contribution in [0.5, 0.6) is 0 Å². The molecular weight excluding hydrogens is 544 g/mol. The molecule has 10 heteroatoms. The fourth-order valence-electron chi connectivity index (χ4n) is 5.02. The molecule has 40 heavy (non-hydrogen) atoms. The Bertz CT molecular complexity index is 1740. The summed E-state index contributed by atoms with van der Waals surface area (Å²) in [6, 6.07) is 18.0. The normalized spacial score (nSPS) is 14.4. The average molecular weight is 577 g/mol. The molecule has 4 aromatic rings. The number of rotatable bonds is 7. The number of carbonyl (C=O) groups is 1. The summed E-state index contributed by atoms with van der Waals surface area (Å²) >= 11 is 1.13. The van der Waals surface area contributed by atoms with Crippen molar-refractivity contribution >= 4 is 44.3 Å². The first kappa shape index (κ1) is 28.1. The van der Waals surface area contributed by atoms with Crippen molar-refractivity contribution in [1.29, 1.82) is 0 Å². The molecule has 0 spiro atoms. The van der Waals surface area contributed by atoms with E-state index >= 15 is 0 Å². The Hall–Kier alpha value is -3.47. The molecule has 0 aliphatic carbocycles. The highest BCUT2D eigenvalue weighted by molar-refractivity contribution is 7.99. The van der Waals surface area contributed by atoms with E-state index in [0.717, 1.165) is 47.7 Å². The molecule has 0 bridgehead atoms. The molecule has 208 valence electrons. The summed E-state index contributed by atoms with van der Waals surface area (Å²) in [6.07, 6.45) is 2.66. The Labute approximate surface area is 238 Å². The minimum Gasteiger partial charge on any atom is -0.324 e. The highest BCUT2D eigenvalue weighted by atomic mass is 32.2. The number of sulfonamides is 1. The van der Waals surface area contributed by atoms with Gasteiger partial charge in [0.15, 0.2) is 5.16 Å². The third kappa shape index (κ3) is 5.84. The Morgan fingerprint density at radius 3 is 2.35 bits per heavy atom. The fraction of sp³-hybridized carbons (Fsp3) is 0.300. The topological polar surface area (TPSA) is 101 Å². The standard InChI is InChI=1S/C30H32N4O4S2/c1-20-11-12-26(27(18-20)40(37,38)33-13-7-4-8-14-33)31-28(35)19-39-30-32-25-10-6-5-9-24(25)29(36)34(30)23-16-21(2)15-22(3)17-23/h5-6,9-12,15-18H,4,7-8,13-14,19H2,1-3H3,(H,31,35). The monoisotopic (exact) mass is 576 g/mol. The molecule has 2 heterocycles. The lowest BCUT2D eigenvalue weighted by atomic mass is 10.1. The highest BCUT2D eigenvalue weighted by Crippen LogP contribution is 2.29. The van der Waals surface area contributed by atoms with Gasteiger partial charge in [0, 0.05) is 13.1 Å². The van der Waals surface area contributed by atoms with Crippen LogP contribution in [0.2, 0.25) is 0 Å². The Morgan fingerprint density at radius 1 is 0.925 bits per heavy atom. The number of para-hydroxylation sites is 1. The number of thioether (sulfide) groups is 1. The van der Waals surface area contributed by atoms with Crippen molar-refractivity contribution in [3.05, 3.63) is 87.7 Å². The van der Waals surface area contributed by atoms with E-state index < -0.39 is 15.9 Å². The molecule has 0 radical (unpaired) electrons. The molecule has 1 fully saturated rings. The SMILES string of the molecule is Cc1cc(C)cc(-n2c(SCC(=O)Nc3ccc(C)cc3S(=O)(=O)N3CCCCC3)nc3ccccc3c2=O)c1. The zero-order valence-corrected chi connectivity index (χ0v) is 24.4. The van der Waals surface area contributed by atoms with Crippen LogP contribution in [0.3, 0.4) is 0 Å². The van der Waals surface area contributed by atoms with E-state index in [1.54, 1.807) is 41.0 Å². The Balaban J connectivity index is 1.45. The summed E-state index contributed by atoms with van der Waals surface area (Å²) in [6.45, 7) is 6.71.